The lowest BCUT2D eigenvalue weighted by Crippen LogP contribution is -3.00. The predicted molar refractivity (Wildman–Crippen MR) is 43.5 cm³/mol. The first kappa shape index (κ1) is 15.0. The van der Waals surface area contributed by atoms with E-state index in [4.69, 9.17) is 10.3 Å². The van der Waals surface area contributed by atoms with E-state index in [0.717, 1.165) is 17.2 Å². The maximum absolute atomic E-state index is 10.6. The third-order valence-electron chi connectivity index (χ3n) is 1.17. The minimum Gasteiger partial charge on any atom is -1.00 e. The largest absolute Gasteiger partial charge is 1.00 e. The van der Waals surface area contributed by atoms with Gasteiger partial charge in [0, 0.05) is 0 Å². The number of likely N-dealkylation sites (N-methyl/N-ethyl adjacent to an activating group) is 1. The zero-order valence-corrected chi connectivity index (χ0v) is 10.2. The van der Waals surface area contributed by atoms with Gasteiger partial charge in [-0.05, 0) is 0 Å². The lowest BCUT2D eigenvalue weighted by molar-refractivity contribution is -0.870. The number of esters is 1. The molecule has 0 aromatic heterocycles. The molecule has 5 nitrogen and oxygen atoms in total. The Morgan fingerprint density at radius 3 is 2.46 bits per heavy atom. The van der Waals surface area contributed by atoms with Crippen LogP contribution in [-0.2, 0) is 9.53 Å². The summed E-state index contributed by atoms with van der Waals surface area (Å²) in [6, 6.07) is 0. The minimum absolute atomic E-state index is 0. The average Bonchev–Trinajstić information content (AvgIpc) is 1.84. The monoisotopic (exact) mass is 299 g/mol. The summed E-state index contributed by atoms with van der Waals surface area (Å²) in [7, 11) is 5.98. The highest BCUT2D eigenvalue weighted by Gasteiger charge is 2.09. The quantitative estimate of drug-likeness (QED) is 0.135. The van der Waals surface area contributed by atoms with Gasteiger partial charge in [-0.15, -0.1) is 0 Å². The van der Waals surface area contributed by atoms with E-state index in [9.17, 15) is 4.79 Å². The van der Waals surface area contributed by atoms with Gasteiger partial charge < -0.3 is 38.7 Å². The summed E-state index contributed by atoms with van der Waals surface area (Å²) in [5, 5.41) is 0. The average molecular weight is 299 g/mol. The molecule has 0 aliphatic carbocycles. The number of rotatable bonds is 4. The molecule has 0 fully saturated rings. The van der Waals surface area contributed by atoms with Crippen LogP contribution in [0.15, 0.2) is 0 Å². The summed E-state index contributed by atoms with van der Waals surface area (Å²) in [6.07, 6.45) is 0.732. The third-order valence-corrected chi connectivity index (χ3v) is 1.17. The number of quaternary nitrogens is 1. The number of carbonyl (C=O) groups is 1. The molecular formula is C7H14IN3O2. The number of carbonyl (C=O) groups excluding carboxylic acids is 1. The molecular weight excluding hydrogens is 285 g/mol. The van der Waals surface area contributed by atoms with Gasteiger partial charge in [0.2, 0.25) is 0 Å². The first-order valence-corrected chi connectivity index (χ1v) is 3.60. The Labute approximate surface area is 94.9 Å². The fourth-order valence-corrected chi connectivity index (χ4v) is 0.505. The van der Waals surface area contributed by atoms with Crippen molar-refractivity contribution in [1.29, 1.82) is 0 Å². The van der Waals surface area contributed by atoms with Gasteiger partial charge in [-0.2, -0.15) is 4.79 Å². The Morgan fingerprint density at radius 1 is 1.54 bits per heavy atom. The molecule has 0 aliphatic heterocycles. The second-order valence-electron chi connectivity index (χ2n) is 3.43. The van der Waals surface area contributed by atoms with Crippen molar-refractivity contribution in [3.8, 4) is 0 Å². The second kappa shape index (κ2) is 6.99. The van der Waals surface area contributed by atoms with E-state index in [-0.39, 0.29) is 24.0 Å². The van der Waals surface area contributed by atoms with Crippen LogP contribution in [0.3, 0.4) is 0 Å². The van der Waals surface area contributed by atoms with Gasteiger partial charge in [-0.25, -0.2) is 4.79 Å². The van der Waals surface area contributed by atoms with E-state index >= 15 is 0 Å². The van der Waals surface area contributed by atoms with E-state index in [0.29, 0.717) is 6.61 Å². The molecule has 0 bridgehead atoms. The fraction of sp³-hybridized carbons (Fsp3) is 0.714. The van der Waals surface area contributed by atoms with Crippen LogP contribution in [0.25, 0.3) is 5.53 Å². The van der Waals surface area contributed by atoms with Crippen molar-refractivity contribution in [2.24, 2.45) is 0 Å². The Balaban J connectivity index is 0. The number of ether oxygens (including phenoxy) is 1. The van der Waals surface area contributed by atoms with Crippen LogP contribution in [0.4, 0.5) is 0 Å². The highest BCUT2D eigenvalue weighted by atomic mass is 127. The Hall–Kier alpha value is -0.460. The summed E-state index contributed by atoms with van der Waals surface area (Å²) in [5.41, 5.74) is 7.96. The lowest BCUT2D eigenvalue weighted by Gasteiger charge is -2.22. The molecule has 0 saturated carbocycles. The number of nitrogens with zero attached hydrogens (tertiary/aromatic N) is 3. The van der Waals surface area contributed by atoms with Crippen molar-refractivity contribution in [3.63, 3.8) is 0 Å². The van der Waals surface area contributed by atoms with Crippen molar-refractivity contribution < 1.29 is 42.8 Å². The highest BCUT2D eigenvalue weighted by Crippen LogP contribution is 1.88. The van der Waals surface area contributed by atoms with Crippen LogP contribution in [0.5, 0.6) is 0 Å². The van der Waals surface area contributed by atoms with Gasteiger partial charge in [0.15, 0.2) is 0 Å². The van der Waals surface area contributed by atoms with E-state index in [1.807, 2.05) is 21.1 Å². The summed E-state index contributed by atoms with van der Waals surface area (Å²) >= 11 is 0. The molecule has 0 radical (unpaired) electrons. The first-order chi connectivity index (χ1) is 5.45. The van der Waals surface area contributed by atoms with Gasteiger partial charge in [0.1, 0.15) is 13.2 Å². The molecule has 0 unspecified atom stereocenters. The van der Waals surface area contributed by atoms with Crippen LogP contribution in [-0.4, -0.2) is 55.8 Å². The number of hydrogen-bond acceptors (Lipinski definition) is 2. The van der Waals surface area contributed by atoms with E-state index in [2.05, 4.69) is 4.79 Å². The normalized spacial score (nSPS) is 9.46. The van der Waals surface area contributed by atoms with Gasteiger partial charge in [-0.3, -0.25) is 0 Å². The van der Waals surface area contributed by atoms with Crippen LogP contribution in [0, 0.1) is 0 Å². The summed E-state index contributed by atoms with van der Waals surface area (Å²) < 4.78 is 5.42. The second-order valence-corrected chi connectivity index (χ2v) is 3.43. The zero-order valence-electron chi connectivity index (χ0n) is 8.03. The number of halogens is 1. The van der Waals surface area contributed by atoms with Crippen molar-refractivity contribution in [1.82, 2.24) is 0 Å². The molecule has 76 valence electrons. The van der Waals surface area contributed by atoms with Crippen molar-refractivity contribution in [2.75, 3.05) is 34.3 Å². The Bertz CT molecular complexity index is 206. The molecule has 6 heteroatoms. The molecule has 0 heterocycles. The Kier molecular flexibility index (Phi) is 8.09. The topological polar surface area (TPSA) is 62.7 Å². The summed E-state index contributed by atoms with van der Waals surface area (Å²) in [6.45, 7) is 1.05. The standard InChI is InChI=1S/C7H14N3O2.HI/c1-10(2,3)4-5-12-7(11)6-9-8;/h6H,4-5H2,1-3H3;1H/q+1;/p-1. The van der Waals surface area contributed by atoms with E-state index in [1.165, 1.54) is 0 Å². The van der Waals surface area contributed by atoms with Crippen molar-refractivity contribution in [3.05, 3.63) is 5.53 Å². The molecule has 0 saturated heterocycles. The zero-order chi connectivity index (χ0) is 9.61. The van der Waals surface area contributed by atoms with E-state index in [1.54, 1.807) is 0 Å². The smallest absolute Gasteiger partial charge is 0.413 e. The molecule has 0 aliphatic rings. The maximum atomic E-state index is 10.6. The predicted octanol–water partition coefficient (Wildman–Crippen LogP) is -3.46. The van der Waals surface area contributed by atoms with Crippen LogP contribution >= 0.6 is 0 Å². The SMILES string of the molecule is C[N+](C)(C)CCOC(=O)C=[N+]=[N-].[I-]. The molecule has 0 spiro atoms. The van der Waals surface area contributed by atoms with Gasteiger partial charge >= 0.3 is 12.2 Å². The molecule has 0 amide bonds. The van der Waals surface area contributed by atoms with Crippen molar-refractivity contribution >= 4 is 12.2 Å². The minimum atomic E-state index is -0.619. The molecule has 0 aromatic rings. The van der Waals surface area contributed by atoms with Gasteiger partial charge in [0.05, 0.1) is 21.1 Å². The Morgan fingerprint density at radius 2 is 2.08 bits per heavy atom. The van der Waals surface area contributed by atoms with Crippen LogP contribution in [0.1, 0.15) is 0 Å². The van der Waals surface area contributed by atoms with Gasteiger partial charge in [-0.1, -0.05) is 0 Å². The van der Waals surface area contributed by atoms with E-state index < -0.39 is 5.97 Å². The molecule has 13 heavy (non-hydrogen) atoms. The van der Waals surface area contributed by atoms with Crippen molar-refractivity contribution in [2.45, 2.75) is 0 Å². The molecule has 0 rings (SSSR count). The van der Waals surface area contributed by atoms with Crippen LogP contribution in [0.2, 0.25) is 0 Å². The van der Waals surface area contributed by atoms with Crippen LogP contribution < -0.4 is 24.0 Å². The lowest BCUT2D eigenvalue weighted by atomic mass is 10.5. The molecule has 0 aromatic carbocycles. The molecule has 0 atom stereocenters. The summed E-state index contributed by atoms with van der Waals surface area (Å²) in [5.74, 6) is -0.619. The highest BCUT2D eigenvalue weighted by molar-refractivity contribution is 6.20. The first-order valence-electron chi connectivity index (χ1n) is 3.60. The summed E-state index contributed by atoms with van der Waals surface area (Å²) in [4.78, 5) is 13.1. The van der Waals surface area contributed by atoms with Gasteiger partial charge in [0.25, 0.3) is 0 Å². The maximum Gasteiger partial charge on any atom is 0.413 e. The fourth-order valence-electron chi connectivity index (χ4n) is 0.505. The number of hydrogen-bond donors (Lipinski definition) is 0. The third kappa shape index (κ3) is 11.5. The molecule has 0 N–H and O–H groups in total.